The highest BCUT2D eigenvalue weighted by molar-refractivity contribution is 5.88. The van der Waals surface area contributed by atoms with Crippen molar-refractivity contribution >= 4 is 17.7 Å². The lowest BCUT2D eigenvalue weighted by atomic mass is 10.1. The zero-order valence-corrected chi connectivity index (χ0v) is 11.6. The topological polar surface area (TPSA) is 94.3 Å². The molecule has 0 spiro atoms. The fraction of sp³-hybridized carbons (Fsp3) is 0.462. The molecule has 0 aliphatic carbocycles. The van der Waals surface area contributed by atoms with E-state index in [1.165, 1.54) is 6.20 Å². The molecule has 6 nitrogen and oxygen atoms in total. The van der Waals surface area contributed by atoms with Gasteiger partial charge in [-0.1, -0.05) is 0 Å². The zero-order chi connectivity index (χ0) is 14.6. The van der Waals surface area contributed by atoms with Crippen LogP contribution in [0.3, 0.4) is 0 Å². The summed E-state index contributed by atoms with van der Waals surface area (Å²) in [7, 11) is 0. The summed E-state index contributed by atoms with van der Waals surface area (Å²) in [5.41, 5.74) is 5.49. The van der Waals surface area contributed by atoms with Crippen molar-refractivity contribution in [2.75, 3.05) is 5.32 Å². The number of hydrogen-bond acceptors (Lipinski definition) is 4. The monoisotopic (exact) mass is 265 g/mol. The van der Waals surface area contributed by atoms with Crippen molar-refractivity contribution in [1.82, 2.24) is 4.98 Å². The number of anilines is 1. The second-order valence-electron chi connectivity index (χ2n) is 5.19. The third-order valence-corrected chi connectivity index (χ3v) is 2.31. The summed E-state index contributed by atoms with van der Waals surface area (Å²) in [6.07, 6.45) is 0.938. The van der Waals surface area contributed by atoms with Gasteiger partial charge in [0, 0.05) is 6.20 Å². The summed E-state index contributed by atoms with van der Waals surface area (Å²) < 4.78 is 5.14. The minimum Gasteiger partial charge on any atom is -0.444 e. The summed E-state index contributed by atoms with van der Waals surface area (Å²) in [5.74, 6) is -1.10. The van der Waals surface area contributed by atoms with Gasteiger partial charge in [0.1, 0.15) is 5.60 Å². The van der Waals surface area contributed by atoms with Crippen LogP contribution in [0.1, 0.15) is 39.3 Å². The number of amides is 2. The Morgan fingerprint density at radius 1 is 1.42 bits per heavy atom. The van der Waals surface area contributed by atoms with Gasteiger partial charge >= 0.3 is 6.09 Å². The molecule has 2 amide bonds. The normalized spacial score (nSPS) is 12.6. The van der Waals surface area contributed by atoms with Crippen LogP contribution in [-0.2, 0) is 9.53 Å². The Morgan fingerprint density at radius 2 is 2.05 bits per heavy atom. The van der Waals surface area contributed by atoms with Gasteiger partial charge < -0.3 is 10.5 Å². The van der Waals surface area contributed by atoms with Crippen molar-refractivity contribution in [3.63, 3.8) is 0 Å². The Morgan fingerprint density at radius 3 is 2.58 bits per heavy atom. The first-order valence-electron chi connectivity index (χ1n) is 5.95. The predicted molar refractivity (Wildman–Crippen MR) is 71.7 cm³/mol. The standard InChI is InChI=1S/C13H19N3O3/c1-8(11(14)17)10-9(6-5-7-15-10)16-12(18)19-13(2,3)4/h5-8H,1-4H3,(H2,14,17)(H,16,18)/t8-/m1/s1. The van der Waals surface area contributed by atoms with Crippen LogP contribution in [0.2, 0.25) is 0 Å². The Hall–Kier alpha value is -2.11. The number of nitrogens with zero attached hydrogens (tertiary/aromatic N) is 1. The second kappa shape index (κ2) is 5.69. The van der Waals surface area contributed by atoms with E-state index in [9.17, 15) is 9.59 Å². The van der Waals surface area contributed by atoms with Gasteiger partial charge in [-0.3, -0.25) is 15.1 Å². The average molecular weight is 265 g/mol. The van der Waals surface area contributed by atoms with Gasteiger partial charge in [0.15, 0.2) is 0 Å². The number of ether oxygens (including phenoxy) is 1. The summed E-state index contributed by atoms with van der Waals surface area (Å²) in [4.78, 5) is 27.0. The highest BCUT2D eigenvalue weighted by Gasteiger charge is 2.21. The Balaban J connectivity index is 2.90. The van der Waals surface area contributed by atoms with E-state index in [4.69, 9.17) is 10.5 Å². The molecule has 1 aromatic rings. The van der Waals surface area contributed by atoms with E-state index in [0.29, 0.717) is 11.4 Å². The average Bonchev–Trinajstić information content (AvgIpc) is 2.26. The number of hydrogen-bond donors (Lipinski definition) is 2. The summed E-state index contributed by atoms with van der Waals surface area (Å²) in [6.45, 7) is 6.93. The summed E-state index contributed by atoms with van der Waals surface area (Å²) in [5, 5.41) is 2.57. The van der Waals surface area contributed by atoms with Crippen LogP contribution in [0, 0.1) is 0 Å². The largest absolute Gasteiger partial charge is 0.444 e. The molecule has 104 valence electrons. The minimum absolute atomic E-state index is 0.417. The van der Waals surface area contributed by atoms with E-state index in [1.54, 1.807) is 39.8 Å². The van der Waals surface area contributed by atoms with Crippen LogP contribution in [0.4, 0.5) is 10.5 Å². The van der Waals surface area contributed by atoms with Gasteiger partial charge in [-0.25, -0.2) is 4.79 Å². The molecule has 0 bridgehead atoms. The molecule has 1 rings (SSSR count). The molecule has 1 aromatic heterocycles. The fourth-order valence-corrected chi connectivity index (χ4v) is 1.42. The summed E-state index contributed by atoms with van der Waals surface area (Å²) >= 11 is 0. The van der Waals surface area contributed by atoms with Gasteiger partial charge in [0.05, 0.1) is 17.3 Å². The van der Waals surface area contributed by atoms with Crippen molar-refractivity contribution < 1.29 is 14.3 Å². The number of aromatic nitrogens is 1. The van der Waals surface area contributed by atoms with Gasteiger partial charge in [0.25, 0.3) is 0 Å². The highest BCUT2D eigenvalue weighted by Crippen LogP contribution is 2.22. The summed E-state index contributed by atoms with van der Waals surface area (Å²) in [6, 6.07) is 3.30. The third-order valence-electron chi connectivity index (χ3n) is 2.31. The number of primary amides is 1. The number of carbonyl (C=O) groups is 2. The maximum absolute atomic E-state index is 11.7. The molecule has 0 fully saturated rings. The first kappa shape index (κ1) is 14.9. The van der Waals surface area contributed by atoms with E-state index in [2.05, 4.69) is 10.3 Å². The van der Waals surface area contributed by atoms with Crippen molar-refractivity contribution in [2.24, 2.45) is 5.73 Å². The molecule has 6 heteroatoms. The number of rotatable bonds is 3. The van der Waals surface area contributed by atoms with Crippen LogP contribution in [0.25, 0.3) is 0 Å². The Labute approximate surface area is 112 Å². The molecule has 0 saturated carbocycles. The first-order valence-corrected chi connectivity index (χ1v) is 5.95. The number of nitrogens with one attached hydrogen (secondary N) is 1. The fourth-order valence-electron chi connectivity index (χ4n) is 1.42. The highest BCUT2D eigenvalue weighted by atomic mass is 16.6. The van der Waals surface area contributed by atoms with Gasteiger partial charge in [-0.05, 0) is 39.8 Å². The van der Waals surface area contributed by atoms with Crippen LogP contribution in [0.15, 0.2) is 18.3 Å². The van der Waals surface area contributed by atoms with Crippen LogP contribution >= 0.6 is 0 Å². The molecular formula is C13H19N3O3. The smallest absolute Gasteiger partial charge is 0.412 e. The maximum atomic E-state index is 11.7. The van der Waals surface area contributed by atoms with E-state index in [-0.39, 0.29) is 0 Å². The Kier molecular flexibility index (Phi) is 4.47. The SMILES string of the molecule is C[C@@H](C(N)=O)c1ncccc1NC(=O)OC(C)(C)C. The minimum atomic E-state index is -0.599. The molecule has 0 radical (unpaired) electrons. The van der Waals surface area contributed by atoms with Crippen molar-refractivity contribution in [2.45, 2.75) is 39.2 Å². The molecule has 0 aliphatic rings. The van der Waals surface area contributed by atoms with E-state index in [0.717, 1.165) is 0 Å². The number of nitrogens with two attached hydrogens (primary N) is 1. The van der Waals surface area contributed by atoms with Crippen molar-refractivity contribution in [3.8, 4) is 0 Å². The number of carbonyl (C=O) groups excluding carboxylic acids is 2. The predicted octanol–water partition coefficient (Wildman–Crippen LogP) is 2.02. The molecule has 0 aromatic carbocycles. The molecule has 0 unspecified atom stereocenters. The van der Waals surface area contributed by atoms with E-state index >= 15 is 0 Å². The van der Waals surface area contributed by atoms with Crippen molar-refractivity contribution in [1.29, 1.82) is 0 Å². The molecule has 0 aliphatic heterocycles. The van der Waals surface area contributed by atoms with Gasteiger partial charge in [-0.2, -0.15) is 0 Å². The number of pyridine rings is 1. The lowest BCUT2D eigenvalue weighted by molar-refractivity contribution is -0.119. The molecule has 0 saturated heterocycles. The van der Waals surface area contributed by atoms with Crippen molar-refractivity contribution in [3.05, 3.63) is 24.0 Å². The van der Waals surface area contributed by atoms with Crippen LogP contribution in [-0.4, -0.2) is 22.6 Å². The quantitative estimate of drug-likeness (QED) is 0.874. The Bertz CT molecular complexity index is 480. The molecule has 1 heterocycles. The van der Waals surface area contributed by atoms with E-state index in [1.807, 2.05) is 0 Å². The zero-order valence-electron chi connectivity index (χ0n) is 11.6. The van der Waals surface area contributed by atoms with Crippen LogP contribution in [0.5, 0.6) is 0 Å². The third kappa shape index (κ3) is 4.57. The van der Waals surface area contributed by atoms with Gasteiger partial charge in [0.2, 0.25) is 5.91 Å². The maximum Gasteiger partial charge on any atom is 0.412 e. The van der Waals surface area contributed by atoms with E-state index < -0.39 is 23.5 Å². The lowest BCUT2D eigenvalue weighted by Gasteiger charge is -2.20. The molecular weight excluding hydrogens is 246 g/mol. The molecule has 19 heavy (non-hydrogen) atoms. The lowest BCUT2D eigenvalue weighted by Crippen LogP contribution is -2.28. The first-order chi connectivity index (χ1) is 8.70. The van der Waals surface area contributed by atoms with Crippen LogP contribution < -0.4 is 11.1 Å². The van der Waals surface area contributed by atoms with Gasteiger partial charge in [-0.15, -0.1) is 0 Å². The second-order valence-corrected chi connectivity index (χ2v) is 5.19. The molecule has 3 N–H and O–H groups in total. The molecule has 1 atom stereocenters.